The lowest BCUT2D eigenvalue weighted by Gasteiger charge is -2.42. The molecule has 1 saturated heterocycles. The van der Waals surface area contributed by atoms with E-state index in [1.807, 2.05) is 35.2 Å². The number of piperidine rings is 1. The fourth-order valence-electron chi connectivity index (χ4n) is 2.56. The van der Waals surface area contributed by atoms with E-state index in [0.717, 1.165) is 12.3 Å². The van der Waals surface area contributed by atoms with E-state index in [0.29, 0.717) is 19.5 Å². The molecule has 1 aromatic carbocycles. The lowest BCUT2D eigenvalue weighted by Crippen LogP contribution is -2.58. The van der Waals surface area contributed by atoms with Crippen LogP contribution in [-0.2, 0) is 4.79 Å². The highest BCUT2D eigenvalue weighted by Gasteiger charge is 2.40. The molecule has 1 aliphatic heterocycles. The molecule has 0 bridgehead atoms. The molecular formula is C16H24N2O3. The largest absolute Gasteiger partial charge is 0.487 e. The number of carbonyl (C=O) groups excluding carboxylic acids is 1. The Morgan fingerprint density at radius 3 is 2.67 bits per heavy atom. The summed E-state index contributed by atoms with van der Waals surface area (Å²) in [6, 6.07) is 9.53. The van der Waals surface area contributed by atoms with E-state index in [4.69, 9.17) is 4.74 Å². The van der Waals surface area contributed by atoms with E-state index in [2.05, 4.69) is 0 Å². The van der Waals surface area contributed by atoms with E-state index in [-0.39, 0.29) is 12.0 Å². The number of likely N-dealkylation sites (tertiary alicyclic amines) is 1. The number of para-hydroxylation sites is 1. The summed E-state index contributed by atoms with van der Waals surface area (Å²) in [5, 5.41) is 10.6. The minimum Gasteiger partial charge on any atom is -0.487 e. The Morgan fingerprint density at radius 1 is 1.43 bits per heavy atom. The first-order chi connectivity index (χ1) is 9.88. The molecule has 0 aromatic heterocycles. The molecule has 2 atom stereocenters. The second-order valence-corrected chi connectivity index (χ2v) is 6.06. The number of carbonyl (C=O) groups is 1. The van der Waals surface area contributed by atoms with Gasteiger partial charge in [-0.25, -0.2) is 0 Å². The van der Waals surface area contributed by atoms with Gasteiger partial charge in [-0.15, -0.1) is 0 Å². The summed E-state index contributed by atoms with van der Waals surface area (Å²) in [4.78, 5) is 15.3. The third kappa shape index (κ3) is 4.19. The molecule has 1 aromatic rings. The van der Waals surface area contributed by atoms with Gasteiger partial charge in [0.1, 0.15) is 17.5 Å². The van der Waals surface area contributed by atoms with Crippen molar-refractivity contribution in [3.63, 3.8) is 0 Å². The smallest absolute Gasteiger partial charge is 0.236 e. The molecule has 0 spiro atoms. The van der Waals surface area contributed by atoms with Crippen LogP contribution in [0, 0.1) is 0 Å². The number of likely N-dealkylation sites (N-methyl/N-ethyl adjacent to an activating group) is 1. The zero-order chi connectivity index (χ0) is 15.5. The minimum atomic E-state index is -0.972. The molecule has 1 heterocycles. The van der Waals surface area contributed by atoms with Crippen LogP contribution in [0.15, 0.2) is 30.3 Å². The normalized spacial score (nSPS) is 26.4. The molecular weight excluding hydrogens is 268 g/mol. The van der Waals surface area contributed by atoms with Crippen LogP contribution in [0.5, 0.6) is 5.75 Å². The maximum absolute atomic E-state index is 11.8. The van der Waals surface area contributed by atoms with E-state index < -0.39 is 5.60 Å². The molecule has 116 valence electrons. The molecule has 1 N–H and O–H groups in total. The fourth-order valence-corrected chi connectivity index (χ4v) is 2.56. The number of β-amino-alcohol motifs (C(OH)–C–C–N with tert-alkyl or cyclic N) is 1. The Hall–Kier alpha value is -1.59. The molecule has 1 amide bonds. The van der Waals surface area contributed by atoms with Gasteiger partial charge < -0.3 is 14.7 Å². The van der Waals surface area contributed by atoms with Crippen molar-refractivity contribution >= 4 is 5.91 Å². The van der Waals surface area contributed by atoms with Crippen molar-refractivity contribution in [1.82, 2.24) is 9.80 Å². The highest BCUT2D eigenvalue weighted by atomic mass is 16.5. The predicted octanol–water partition coefficient (Wildman–Crippen LogP) is 0.979. The Bertz CT molecular complexity index is 474. The number of hydrogen-bond donors (Lipinski definition) is 1. The van der Waals surface area contributed by atoms with Crippen molar-refractivity contribution in [2.75, 3.05) is 33.7 Å². The van der Waals surface area contributed by atoms with E-state index in [1.165, 1.54) is 0 Å². The summed E-state index contributed by atoms with van der Waals surface area (Å²) >= 11 is 0. The van der Waals surface area contributed by atoms with Gasteiger partial charge in [0, 0.05) is 27.2 Å². The molecule has 5 heteroatoms. The number of aliphatic hydroxyl groups is 1. The first-order valence-corrected chi connectivity index (χ1v) is 7.25. The van der Waals surface area contributed by atoms with Gasteiger partial charge in [-0.2, -0.15) is 0 Å². The quantitative estimate of drug-likeness (QED) is 0.899. The first-order valence-electron chi connectivity index (χ1n) is 7.25. The van der Waals surface area contributed by atoms with E-state index >= 15 is 0 Å². The van der Waals surface area contributed by atoms with Gasteiger partial charge in [-0.3, -0.25) is 9.69 Å². The molecule has 0 unspecified atom stereocenters. The SMILES string of the molecule is CN(C)C(=O)CN1CC[C@H](Oc2ccccc2)[C@@](C)(O)C1. The lowest BCUT2D eigenvalue weighted by molar-refractivity contribution is -0.134. The number of amides is 1. The third-order valence-electron chi connectivity index (χ3n) is 3.82. The van der Waals surface area contributed by atoms with Crippen LogP contribution in [-0.4, -0.2) is 66.2 Å². The summed E-state index contributed by atoms with van der Waals surface area (Å²) in [5.74, 6) is 0.814. The van der Waals surface area contributed by atoms with E-state index in [9.17, 15) is 9.90 Å². The van der Waals surface area contributed by atoms with Crippen LogP contribution in [0.3, 0.4) is 0 Å². The predicted molar refractivity (Wildman–Crippen MR) is 81.2 cm³/mol. The molecule has 1 fully saturated rings. The Labute approximate surface area is 126 Å². The van der Waals surface area contributed by atoms with Crippen molar-refractivity contribution < 1.29 is 14.6 Å². The molecule has 5 nitrogen and oxygen atoms in total. The van der Waals surface area contributed by atoms with Gasteiger partial charge in [-0.05, 0) is 25.5 Å². The van der Waals surface area contributed by atoms with Crippen molar-refractivity contribution in [3.8, 4) is 5.75 Å². The maximum atomic E-state index is 11.8. The average molecular weight is 292 g/mol. The third-order valence-corrected chi connectivity index (χ3v) is 3.82. The summed E-state index contributed by atoms with van der Waals surface area (Å²) in [6.45, 7) is 3.28. The van der Waals surface area contributed by atoms with E-state index in [1.54, 1.807) is 25.9 Å². The van der Waals surface area contributed by atoms with Gasteiger partial charge in [0.15, 0.2) is 0 Å². The number of rotatable bonds is 4. The Kier molecular flexibility index (Phi) is 4.85. The maximum Gasteiger partial charge on any atom is 0.236 e. The molecule has 0 aliphatic carbocycles. The van der Waals surface area contributed by atoms with Gasteiger partial charge in [-0.1, -0.05) is 18.2 Å². The van der Waals surface area contributed by atoms with Crippen molar-refractivity contribution in [2.24, 2.45) is 0 Å². The summed E-state index contributed by atoms with van der Waals surface area (Å²) in [5.41, 5.74) is -0.972. The zero-order valence-electron chi connectivity index (χ0n) is 13.0. The summed E-state index contributed by atoms with van der Waals surface area (Å²) in [7, 11) is 3.48. The van der Waals surface area contributed by atoms with Gasteiger partial charge >= 0.3 is 0 Å². The van der Waals surface area contributed by atoms with Crippen LogP contribution >= 0.6 is 0 Å². The van der Waals surface area contributed by atoms with Crippen molar-refractivity contribution in [2.45, 2.75) is 25.0 Å². The van der Waals surface area contributed by atoms with Crippen LogP contribution in [0.2, 0.25) is 0 Å². The van der Waals surface area contributed by atoms with Crippen molar-refractivity contribution in [1.29, 1.82) is 0 Å². The molecule has 1 aliphatic rings. The zero-order valence-corrected chi connectivity index (χ0v) is 13.0. The molecule has 2 rings (SSSR count). The van der Waals surface area contributed by atoms with Crippen LogP contribution in [0.1, 0.15) is 13.3 Å². The molecule has 21 heavy (non-hydrogen) atoms. The number of benzene rings is 1. The van der Waals surface area contributed by atoms with Crippen LogP contribution < -0.4 is 4.74 Å². The first kappa shape index (κ1) is 15.8. The Morgan fingerprint density at radius 2 is 2.10 bits per heavy atom. The highest BCUT2D eigenvalue weighted by Crippen LogP contribution is 2.26. The van der Waals surface area contributed by atoms with Gasteiger partial charge in [0.2, 0.25) is 5.91 Å². The Balaban J connectivity index is 1.95. The van der Waals surface area contributed by atoms with Crippen LogP contribution in [0.4, 0.5) is 0 Å². The van der Waals surface area contributed by atoms with Crippen molar-refractivity contribution in [3.05, 3.63) is 30.3 Å². The molecule has 0 saturated carbocycles. The average Bonchev–Trinajstić information content (AvgIpc) is 2.42. The van der Waals surface area contributed by atoms with Crippen LogP contribution in [0.25, 0.3) is 0 Å². The molecule has 0 radical (unpaired) electrons. The number of hydrogen-bond acceptors (Lipinski definition) is 4. The van der Waals surface area contributed by atoms with Gasteiger partial charge in [0.25, 0.3) is 0 Å². The standard InChI is InChI=1S/C16H24N2O3/c1-16(20)12-18(11-15(19)17(2)3)10-9-14(16)21-13-7-5-4-6-8-13/h4-8,14,20H,9-12H2,1-3H3/t14-,16-/m0/s1. The summed E-state index contributed by atoms with van der Waals surface area (Å²) in [6.07, 6.45) is 0.438. The number of ether oxygens (including phenoxy) is 1. The monoisotopic (exact) mass is 292 g/mol. The van der Waals surface area contributed by atoms with Gasteiger partial charge in [0.05, 0.1) is 6.54 Å². The number of nitrogens with zero attached hydrogens (tertiary/aromatic N) is 2. The second-order valence-electron chi connectivity index (χ2n) is 6.06. The topological polar surface area (TPSA) is 53.0 Å². The second kappa shape index (κ2) is 6.45. The highest BCUT2D eigenvalue weighted by molar-refractivity contribution is 5.77. The lowest BCUT2D eigenvalue weighted by atomic mass is 9.91. The minimum absolute atomic E-state index is 0.0493. The fraction of sp³-hybridized carbons (Fsp3) is 0.562. The summed E-state index contributed by atoms with van der Waals surface area (Å²) < 4.78 is 5.90.